The smallest absolute Gasteiger partial charge is 0.413 e. The van der Waals surface area contributed by atoms with Crippen molar-refractivity contribution in [3.63, 3.8) is 0 Å². The standard InChI is InChI=1S/C10H14N2O2/c1-3-14-10(13)12(2)9-6-4-8(11)5-7-9/h4-7H,3,11H2,1-2H3. The topological polar surface area (TPSA) is 55.6 Å². The zero-order chi connectivity index (χ0) is 10.6. The Morgan fingerprint density at radius 1 is 1.43 bits per heavy atom. The van der Waals surface area contributed by atoms with Crippen molar-refractivity contribution < 1.29 is 9.53 Å². The van der Waals surface area contributed by atoms with Crippen LogP contribution in [0.5, 0.6) is 0 Å². The van der Waals surface area contributed by atoms with Crippen LogP contribution in [0.1, 0.15) is 6.92 Å². The van der Waals surface area contributed by atoms with E-state index in [-0.39, 0.29) is 6.09 Å². The molecule has 1 rings (SSSR count). The van der Waals surface area contributed by atoms with Crippen LogP contribution in [-0.2, 0) is 4.74 Å². The van der Waals surface area contributed by atoms with Gasteiger partial charge in [-0.2, -0.15) is 0 Å². The van der Waals surface area contributed by atoms with Gasteiger partial charge in [0.15, 0.2) is 0 Å². The average molecular weight is 194 g/mol. The first-order chi connectivity index (χ1) is 6.65. The van der Waals surface area contributed by atoms with Gasteiger partial charge in [-0.3, -0.25) is 4.90 Å². The van der Waals surface area contributed by atoms with Crippen molar-refractivity contribution in [2.24, 2.45) is 0 Å². The van der Waals surface area contributed by atoms with E-state index in [1.54, 1.807) is 38.2 Å². The van der Waals surface area contributed by atoms with E-state index in [1.807, 2.05) is 0 Å². The van der Waals surface area contributed by atoms with Crippen molar-refractivity contribution >= 4 is 17.5 Å². The molecule has 1 aromatic rings. The SMILES string of the molecule is CCOC(=O)N(C)c1ccc(N)cc1. The number of nitrogens with zero attached hydrogens (tertiary/aromatic N) is 1. The van der Waals surface area contributed by atoms with Crippen molar-refractivity contribution in [2.45, 2.75) is 6.92 Å². The van der Waals surface area contributed by atoms with E-state index < -0.39 is 0 Å². The molecule has 0 unspecified atom stereocenters. The first-order valence-corrected chi connectivity index (χ1v) is 4.41. The molecule has 4 nitrogen and oxygen atoms in total. The summed E-state index contributed by atoms with van der Waals surface area (Å²) in [6.45, 7) is 2.15. The highest BCUT2D eigenvalue weighted by molar-refractivity contribution is 5.87. The van der Waals surface area contributed by atoms with Crippen LogP contribution in [0.4, 0.5) is 16.2 Å². The Kier molecular flexibility index (Phi) is 3.34. The minimum Gasteiger partial charge on any atom is -0.449 e. The van der Waals surface area contributed by atoms with Gasteiger partial charge in [-0.05, 0) is 31.2 Å². The Balaban J connectivity index is 2.73. The summed E-state index contributed by atoms with van der Waals surface area (Å²) < 4.78 is 4.84. The number of ether oxygens (including phenoxy) is 1. The summed E-state index contributed by atoms with van der Waals surface area (Å²) in [6, 6.07) is 7.02. The molecule has 76 valence electrons. The van der Waals surface area contributed by atoms with Gasteiger partial charge in [0, 0.05) is 18.4 Å². The number of anilines is 2. The van der Waals surface area contributed by atoms with Crippen LogP contribution in [0.15, 0.2) is 24.3 Å². The second-order valence-electron chi connectivity index (χ2n) is 2.85. The molecule has 1 amide bonds. The summed E-state index contributed by atoms with van der Waals surface area (Å²) in [4.78, 5) is 12.7. The maximum Gasteiger partial charge on any atom is 0.413 e. The van der Waals surface area contributed by atoms with Gasteiger partial charge in [0.25, 0.3) is 0 Å². The fourth-order valence-corrected chi connectivity index (χ4v) is 1.02. The van der Waals surface area contributed by atoms with E-state index >= 15 is 0 Å². The quantitative estimate of drug-likeness (QED) is 0.731. The number of rotatable bonds is 2. The van der Waals surface area contributed by atoms with E-state index in [9.17, 15) is 4.79 Å². The summed E-state index contributed by atoms with van der Waals surface area (Å²) in [5.41, 5.74) is 6.96. The summed E-state index contributed by atoms with van der Waals surface area (Å²) in [6.07, 6.45) is -0.364. The fourth-order valence-electron chi connectivity index (χ4n) is 1.02. The highest BCUT2D eigenvalue weighted by atomic mass is 16.6. The van der Waals surface area contributed by atoms with Crippen molar-refractivity contribution in [3.8, 4) is 0 Å². The third-order valence-electron chi connectivity index (χ3n) is 1.82. The third-order valence-corrected chi connectivity index (χ3v) is 1.82. The lowest BCUT2D eigenvalue weighted by molar-refractivity contribution is 0.161. The lowest BCUT2D eigenvalue weighted by atomic mass is 10.3. The monoisotopic (exact) mass is 194 g/mol. The molecule has 0 radical (unpaired) electrons. The Hall–Kier alpha value is -1.71. The van der Waals surface area contributed by atoms with Crippen LogP contribution in [0.3, 0.4) is 0 Å². The average Bonchev–Trinajstić information content (AvgIpc) is 2.18. The molecular weight excluding hydrogens is 180 g/mol. The molecule has 0 saturated carbocycles. The Bertz CT molecular complexity index is 308. The van der Waals surface area contributed by atoms with Crippen LogP contribution in [-0.4, -0.2) is 19.7 Å². The van der Waals surface area contributed by atoms with Crippen LogP contribution in [0.25, 0.3) is 0 Å². The number of hydrogen-bond donors (Lipinski definition) is 1. The van der Waals surface area contributed by atoms with Crippen molar-refractivity contribution in [2.75, 3.05) is 24.3 Å². The lowest BCUT2D eigenvalue weighted by Crippen LogP contribution is -2.26. The van der Waals surface area contributed by atoms with Crippen LogP contribution in [0, 0.1) is 0 Å². The van der Waals surface area contributed by atoms with Gasteiger partial charge < -0.3 is 10.5 Å². The van der Waals surface area contributed by atoms with Crippen molar-refractivity contribution in [1.82, 2.24) is 0 Å². The molecule has 14 heavy (non-hydrogen) atoms. The molecular formula is C10H14N2O2. The second-order valence-corrected chi connectivity index (χ2v) is 2.85. The normalized spacial score (nSPS) is 9.57. The predicted molar refractivity (Wildman–Crippen MR) is 56.3 cm³/mol. The van der Waals surface area contributed by atoms with Crippen molar-refractivity contribution in [1.29, 1.82) is 0 Å². The lowest BCUT2D eigenvalue weighted by Gasteiger charge is -2.16. The van der Waals surface area contributed by atoms with Crippen LogP contribution >= 0.6 is 0 Å². The number of carbonyl (C=O) groups is 1. The van der Waals surface area contributed by atoms with E-state index in [0.717, 1.165) is 5.69 Å². The Morgan fingerprint density at radius 3 is 2.50 bits per heavy atom. The van der Waals surface area contributed by atoms with E-state index in [2.05, 4.69) is 0 Å². The molecule has 0 atom stereocenters. The third kappa shape index (κ3) is 2.39. The number of nitrogen functional groups attached to an aromatic ring is 1. The number of carbonyl (C=O) groups excluding carboxylic acids is 1. The van der Waals surface area contributed by atoms with Gasteiger partial charge in [-0.15, -0.1) is 0 Å². The molecule has 0 bridgehead atoms. The van der Waals surface area contributed by atoms with Gasteiger partial charge in [0.1, 0.15) is 0 Å². The molecule has 2 N–H and O–H groups in total. The largest absolute Gasteiger partial charge is 0.449 e. The fraction of sp³-hybridized carbons (Fsp3) is 0.300. The zero-order valence-electron chi connectivity index (χ0n) is 8.36. The zero-order valence-corrected chi connectivity index (χ0v) is 8.36. The summed E-state index contributed by atoms with van der Waals surface area (Å²) in [5.74, 6) is 0. The van der Waals surface area contributed by atoms with Gasteiger partial charge in [0.2, 0.25) is 0 Å². The molecule has 0 spiro atoms. The number of amides is 1. The van der Waals surface area contributed by atoms with Crippen LogP contribution < -0.4 is 10.6 Å². The minimum absolute atomic E-state index is 0.364. The molecule has 0 aliphatic heterocycles. The second kappa shape index (κ2) is 4.50. The predicted octanol–water partition coefficient (Wildman–Crippen LogP) is 1.86. The maximum absolute atomic E-state index is 11.3. The molecule has 0 fully saturated rings. The minimum atomic E-state index is -0.364. The first kappa shape index (κ1) is 10.4. The number of hydrogen-bond acceptors (Lipinski definition) is 3. The summed E-state index contributed by atoms with van der Waals surface area (Å²) in [5, 5.41) is 0. The summed E-state index contributed by atoms with van der Waals surface area (Å²) >= 11 is 0. The van der Waals surface area contributed by atoms with E-state index in [0.29, 0.717) is 12.3 Å². The molecule has 0 heterocycles. The Morgan fingerprint density at radius 2 is 2.00 bits per heavy atom. The van der Waals surface area contributed by atoms with E-state index in [4.69, 9.17) is 10.5 Å². The summed E-state index contributed by atoms with van der Waals surface area (Å²) in [7, 11) is 1.66. The molecule has 0 aliphatic carbocycles. The molecule has 4 heteroatoms. The van der Waals surface area contributed by atoms with Gasteiger partial charge in [0.05, 0.1) is 6.61 Å². The molecule has 0 aliphatic rings. The molecule has 0 aromatic heterocycles. The highest BCUT2D eigenvalue weighted by Crippen LogP contribution is 2.15. The first-order valence-electron chi connectivity index (χ1n) is 4.41. The number of benzene rings is 1. The van der Waals surface area contributed by atoms with Gasteiger partial charge >= 0.3 is 6.09 Å². The van der Waals surface area contributed by atoms with E-state index in [1.165, 1.54) is 4.90 Å². The maximum atomic E-state index is 11.3. The Labute approximate surface area is 83.3 Å². The van der Waals surface area contributed by atoms with Gasteiger partial charge in [-0.1, -0.05) is 0 Å². The molecule has 1 aromatic carbocycles. The molecule has 0 saturated heterocycles. The van der Waals surface area contributed by atoms with Crippen molar-refractivity contribution in [3.05, 3.63) is 24.3 Å². The van der Waals surface area contributed by atoms with Crippen LogP contribution in [0.2, 0.25) is 0 Å². The van der Waals surface area contributed by atoms with Gasteiger partial charge in [-0.25, -0.2) is 4.79 Å². The number of nitrogens with two attached hydrogens (primary N) is 1. The highest BCUT2D eigenvalue weighted by Gasteiger charge is 2.10.